The summed E-state index contributed by atoms with van der Waals surface area (Å²) < 4.78 is 0. The third-order valence-electron chi connectivity index (χ3n) is 8.19. The van der Waals surface area contributed by atoms with E-state index < -0.39 is 0 Å². The Morgan fingerprint density at radius 3 is 1.76 bits per heavy atom. The standard InChI is InChI=1S/C22H41N3/c1-17(2)19-5-9-23(10-6-19)20-7-11-24(12-8-20)21-13-22(14-21)15-25(16-22)18(3)4/h17-21H,5-16H2,1-4H3. The molecule has 0 N–H and O–H groups in total. The lowest BCUT2D eigenvalue weighted by Gasteiger charge is -2.63. The molecule has 0 radical (unpaired) electrons. The van der Waals surface area contributed by atoms with Crippen LogP contribution in [0.15, 0.2) is 0 Å². The fourth-order valence-corrected chi connectivity index (χ4v) is 6.20. The van der Waals surface area contributed by atoms with Crippen molar-refractivity contribution in [2.24, 2.45) is 17.3 Å². The first-order valence-electron chi connectivity index (χ1n) is 11.2. The van der Waals surface area contributed by atoms with Crippen LogP contribution in [0.25, 0.3) is 0 Å². The first kappa shape index (κ1) is 18.3. The van der Waals surface area contributed by atoms with Crippen LogP contribution in [0.4, 0.5) is 0 Å². The minimum absolute atomic E-state index is 0.727. The minimum atomic E-state index is 0.727. The van der Waals surface area contributed by atoms with Gasteiger partial charge in [-0.3, -0.25) is 4.90 Å². The van der Waals surface area contributed by atoms with Gasteiger partial charge in [0, 0.05) is 31.2 Å². The molecule has 0 bridgehead atoms. The maximum atomic E-state index is 2.85. The molecular weight excluding hydrogens is 306 g/mol. The van der Waals surface area contributed by atoms with Crippen molar-refractivity contribution in [2.75, 3.05) is 39.3 Å². The Morgan fingerprint density at radius 1 is 0.720 bits per heavy atom. The molecule has 1 aliphatic carbocycles. The van der Waals surface area contributed by atoms with Crippen LogP contribution in [-0.4, -0.2) is 72.1 Å². The molecule has 3 aliphatic heterocycles. The predicted octanol–water partition coefficient (Wildman–Crippen LogP) is 3.69. The largest absolute Gasteiger partial charge is 0.300 e. The molecule has 3 heteroatoms. The van der Waals surface area contributed by atoms with Crippen molar-refractivity contribution in [1.29, 1.82) is 0 Å². The average Bonchev–Trinajstić information content (AvgIpc) is 2.52. The highest BCUT2D eigenvalue weighted by Crippen LogP contribution is 2.51. The van der Waals surface area contributed by atoms with Crippen molar-refractivity contribution in [2.45, 2.75) is 84.3 Å². The van der Waals surface area contributed by atoms with E-state index in [4.69, 9.17) is 0 Å². The molecule has 0 unspecified atom stereocenters. The number of hydrogen-bond acceptors (Lipinski definition) is 3. The maximum Gasteiger partial charge on any atom is 0.0120 e. The molecule has 25 heavy (non-hydrogen) atoms. The smallest absolute Gasteiger partial charge is 0.0120 e. The number of likely N-dealkylation sites (tertiary alicyclic amines) is 3. The van der Waals surface area contributed by atoms with Crippen LogP contribution in [0.1, 0.15) is 66.2 Å². The van der Waals surface area contributed by atoms with E-state index in [-0.39, 0.29) is 0 Å². The van der Waals surface area contributed by atoms with Crippen molar-refractivity contribution in [3.05, 3.63) is 0 Å². The maximum absolute atomic E-state index is 2.85. The van der Waals surface area contributed by atoms with Crippen LogP contribution < -0.4 is 0 Å². The van der Waals surface area contributed by atoms with Crippen LogP contribution >= 0.6 is 0 Å². The highest BCUT2D eigenvalue weighted by molar-refractivity contribution is 5.08. The Bertz CT molecular complexity index is 430. The zero-order valence-corrected chi connectivity index (χ0v) is 17.2. The first-order valence-corrected chi connectivity index (χ1v) is 11.2. The summed E-state index contributed by atoms with van der Waals surface area (Å²) in [6.45, 7) is 17.7. The molecule has 0 amide bonds. The van der Waals surface area contributed by atoms with E-state index in [1.54, 1.807) is 0 Å². The molecule has 4 rings (SSSR count). The minimum Gasteiger partial charge on any atom is -0.300 e. The van der Waals surface area contributed by atoms with Crippen molar-refractivity contribution in [1.82, 2.24) is 14.7 Å². The van der Waals surface area contributed by atoms with Gasteiger partial charge in [0.25, 0.3) is 0 Å². The van der Waals surface area contributed by atoms with E-state index >= 15 is 0 Å². The summed E-state index contributed by atoms with van der Waals surface area (Å²) in [7, 11) is 0. The van der Waals surface area contributed by atoms with Gasteiger partial charge < -0.3 is 9.80 Å². The van der Waals surface area contributed by atoms with Gasteiger partial charge in [0.15, 0.2) is 0 Å². The topological polar surface area (TPSA) is 9.72 Å². The number of rotatable bonds is 4. The molecule has 3 heterocycles. The van der Waals surface area contributed by atoms with Gasteiger partial charge in [-0.05, 0) is 95.8 Å². The summed E-state index contributed by atoms with van der Waals surface area (Å²) >= 11 is 0. The Morgan fingerprint density at radius 2 is 1.24 bits per heavy atom. The molecule has 0 aromatic rings. The van der Waals surface area contributed by atoms with Gasteiger partial charge >= 0.3 is 0 Å². The van der Waals surface area contributed by atoms with Crippen LogP contribution in [0.5, 0.6) is 0 Å². The molecular formula is C22H41N3. The van der Waals surface area contributed by atoms with Crippen molar-refractivity contribution in [3.8, 4) is 0 Å². The lowest BCUT2D eigenvalue weighted by atomic mass is 9.59. The summed E-state index contributed by atoms with van der Waals surface area (Å²) in [5.74, 6) is 1.86. The van der Waals surface area contributed by atoms with Crippen molar-refractivity contribution in [3.63, 3.8) is 0 Å². The average molecular weight is 348 g/mol. The Kier molecular flexibility index (Phi) is 5.20. The van der Waals surface area contributed by atoms with Gasteiger partial charge in [0.2, 0.25) is 0 Å². The highest BCUT2D eigenvalue weighted by Gasteiger charge is 2.54. The molecule has 0 aromatic heterocycles. The molecule has 0 aromatic carbocycles. The van der Waals surface area contributed by atoms with Crippen LogP contribution in [-0.2, 0) is 0 Å². The zero-order valence-electron chi connectivity index (χ0n) is 17.2. The third-order valence-corrected chi connectivity index (χ3v) is 8.19. The lowest BCUT2D eigenvalue weighted by molar-refractivity contribution is -0.125. The predicted molar refractivity (Wildman–Crippen MR) is 106 cm³/mol. The number of piperidine rings is 2. The lowest BCUT2D eigenvalue weighted by Crippen LogP contribution is -2.68. The summed E-state index contributed by atoms with van der Waals surface area (Å²) in [6, 6.07) is 2.56. The third kappa shape index (κ3) is 3.66. The van der Waals surface area contributed by atoms with Crippen LogP contribution in [0, 0.1) is 17.3 Å². The fraction of sp³-hybridized carbons (Fsp3) is 1.00. The molecule has 0 atom stereocenters. The highest BCUT2D eigenvalue weighted by atomic mass is 15.3. The molecule has 3 saturated heterocycles. The quantitative estimate of drug-likeness (QED) is 0.768. The molecule has 4 fully saturated rings. The normalized spacial score (nSPS) is 31.0. The Hall–Kier alpha value is -0.120. The van der Waals surface area contributed by atoms with Gasteiger partial charge in [-0.1, -0.05) is 13.8 Å². The molecule has 144 valence electrons. The van der Waals surface area contributed by atoms with Crippen molar-refractivity contribution < 1.29 is 0 Å². The summed E-state index contributed by atoms with van der Waals surface area (Å²) in [5, 5.41) is 0. The molecule has 3 nitrogen and oxygen atoms in total. The monoisotopic (exact) mass is 347 g/mol. The van der Waals surface area contributed by atoms with Gasteiger partial charge in [-0.15, -0.1) is 0 Å². The van der Waals surface area contributed by atoms with E-state index in [1.807, 2.05) is 0 Å². The molecule has 1 saturated carbocycles. The summed E-state index contributed by atoms with van der Waals surface area (Å²) in [6.07, 6.45) is 8.70. The summed E-state index contributed by atoms with van der Waals surface area (Å²) in [5.41, 5.74) is 0.727. The van der Waals surface area contributed by atoms with E-state index in [0.29, 0.717) is 0 Å². The molecule has 4 aliphatic rings. The van der Waals surface area contributed by atoms with Crippen LogP contribution in [0.3, 0.4) is 0 Å². The van der Waals surface area contributed by atoms with E-state index in [2.05, 4.69) is 42.4 Å². The second-order valence-electron chi connectivity index (χ2n) is 10.4. The molecule has 1 spiro atoms. The zero-order chi connectivity index (χ0) is 17.6. The SMILES string of the molecule is CC(C)C1CCN(C2CCN(C3CC4(C3)CN(C(C)C)C4)CC2)CC1. The van der Waals surface area contributed by atoms with Gasteiger partial charge in [0.1, 0.15) is 0 Å². The number of hydrogen-bond donors (Lipinski definition) is 0. The fourth-order valence-electron chi connectivity index (χ4n) is 6.20. The Balaban J connectivity index is 1.17. The second-order valence-corrected chi connectivity index (χ2v) is 10.4. The van der Waals surface area contributed by atoms with Crippen molar-refractivity contribution >= 4 is 0 Å². The van der Waals surface area contributed by atoms with Gasteiger partial charge in [0.05, 0.1) is 0 Å². The number of nitrogens with zero attached hydrogens (tertiary/aromatic N) is 3. The van der Waals surface area contributed by atoms with E-state index in [1.165, 1.54) is 77.8 Å². The summed E-state index contributed by atoms with van der Waals surface area (Å²) in [4.78, 5) is 8.34. The first-order chi connectivity index (χ1) is 12.0. The van der Waals surface area contributed by atoms with Gasteiger partial charge in [-0.25, -0.2) is 0 Å². The van der Waals surface area contributed by atoms with Crippen LogP contribution in [0.2, 0.25) is 0 Å². The second kappa shape index (κ2) is 7.13. The van der Waals surface area contributed by atoms with E-state index in [0.717, 1.165) is 35.4 Å². The Labute approximate surface area is 156 Å². The van der Waals surface area contributed by atoms with E-state index in [9.17, 15) is 0 Å². The van der Waals surface area contributed by atoms with Gasteiger partial charge in [-0.2, -0.15) is 0 Å².